The molecular weight excluding hydrogens is 290 g/mol. The highest BCUT2D eigenvalue weighted by Crippen LogP contribution is 2.30. The highest BCUT2D eigenvalue weighted by Gasteiger charge is 2.34. The van der Waals surface area contributed by atoms with E-state index in [2.05, 4.69) is 16.0 Å². The van der Waals surface area contributed by atoms with E-state index in [0.717, 1.165) is 31.4 Å². The van der Waals surface area contributed by atoms with Crippen molar-refractivity contribution in [3.05, 3.63) is 29.8 Å². The highest BCUT2D eigenvalue weighted by molar-refractivity contribution is 5.96. The second kappa shape index (κ2) is 5.96. The van der Waals surface area contributed by atoms with Gasteiger partial charge < -0.3 is 16.0 Å². The van der Waals surface area contributed by atoms with Crippen molar-refractivity contribution in [3.63, 3.8) is 0 Å². The van der Waals surface area contributed by atoms with Crippen molar-refractivity contribution in [3.8, 4) is 0 Å². The van der Waals surface area contributed by atoms with Crippen LogP contribution in [0.1, 0.15) is 48.9 Å². The number of carbonyl (C=O) groups excluding carboxylic acids is 2. The van der Waals surface area contributed by atoms with Crippen molar-refractivity contribution in [1.29, 1.82) is 0 Å². The molecule has 3 N–H and O–H groups in total. The number of rotatable bonds is 4. The van der Waals surface area contributed by atoms with Crippen LogP contribution >= 0.6 is 0 Å². The highest BCUT2D eigenvalue weighted by atomic mass is 16.2. The Morgan fingerprint density at radius 2 is 1.61 bits per heavy atom. The first-order valence-electron chi connectivity index (χ1n) is 8.65. The summed E-state index contributed by atoms with van der Waals surface area (Å²) in [5, 5.41) is 9.63. The summed E-state index contributed by atoms with van der Waals surface area (Å²) >= 11 is 0. The summed E-state index contributed by atoms with van der Waals surface area (Å²) in [6.07, 6.45) is 6.49. The summed E-state index contributed by atoms with van der Waals surface area (Å²) in [4.78, 5) is 24.1. The van der Waals surface area contributed by atoms with Crippen molar-refractivity contribution in [2.45, 2.75) is 56.7 Å². The number of fused-ring (bicyclic) bond motifs is 2. The molecule has 2 heterocycles. The lowest BCUT2D eigenvalue weighted by Crippen LogP contribution is -2.48. The standard InChI is InChI=1S/C18H23N3O2/c22-17(11-1-2-11)20-13-5-3-12(4-6-13)18(23)21-16-9-14-7-8-15(10-16)19-14/h3-6,11,14-16,19H,1-2,7-10H2,(H,20,22)(H,21,23). The number of benzene rings is 1. The molecule has 1 aromatic rings. The maximum absolute atomic E-state index is 12.4. The Morgan fingerprint density at radius 1 is 0.957 bits per heavy atom. The maximum Gasteiger partial charge on any atom is 0.251 e. The smallest absolute Gasteiger partial charge is 0.251 e. The fourth-order valence-corrected chi connectivity index (χ4v) is 3.74. The van der Waals surface area contributed by atoms with Crippen LogP contribution in [0.25, 0.3) is 0 Å². The third-order valence-corrected chi connectivity index (χ3v) is 5.17. The van der Waals surface area contributed by atoms with Crippen LogP contribution in [0.3, 0.4) is 0 Å². The molecule has 23 heavy (non-hydrogen) atoms. The molecule has 2 atom stereocenters. The van der Waals surface area contributed by atoms with Crippen molar-refractivity contribution < 1.29 is 9.59 Å². The molecule has 2 unspecified atom stereocenters. The molecule has 5 nitrogen and oxygen atoms in total. The molecule has 3 fully saturated rings. The number of carbonyl (C=O) groups is 2. The average molecular weight is 313 g/mol. The van der Waals surface area contributed by atoms with Gasteiger partial charge in [0, 0.05) is 35.3 Å². The van der Waals surface area contributed by atoms with Crippen molar-refractivity contribution in [2.24, 2.45) is 5.92 Å². The van der Waals surface area contributed by atoms with Crippen LogP contribution in [-0.2, 0) is 4.79 Å². The normalized spacial score (nSPS) is 29.1. The monoisotopic (exact) mass is 313 g/mol. The molecule has 0 spiro atoms. The van der Waals surface area contributed by atoms with E-state index in [4.69, 9.17) is 0 Å². The zero-order valence-corrected chi connectivity index (χ0v) is 13.2. The molecule has 1 aromatic carbocycles. The SMILES string of the molecule is O=C(NC1CC2CCC(C1)N2)c1ccc(NC(=O)C2CC2)cc1. The van der Waals surface area contributed by atoms with Crippen LogP contribution in [0.15, 0.2) is 24.3 Å². The average Bonchev–Trinajstić information content (AvgIpc) is 3.34. The number of anilines is 1. The van der Waals surface area contributed by atoms with E-state index in [9.17, 15) is 9.59 Å². The molecule has 3 aliphatic rings. The zero-order chi connectivity index (χ0) is 15.8. The molecule has 0 radical (unpaired) electrons. The van der Waals surface area contributed by atoms with Crippen LogP contribution in [0.4, 0.5) is 5.69 Å². The first-order valence-corrected chi connectivity index (χ1v) is 8.65. The van der Waals surface area contributed by atoms with E-state index >= 15 is 0 Å². The van der Waals surface area contributed by atoms with Gasteiger partial charge in [-0.25, -0.2) is 0 Å². The number of nitrogens with one attached hydrogen (secondary N) is 3. The van der Waals surface area contributed by atoms with E-state index in [0.29, 0.717) is 17.6 Å². The fourth-order valence-electron chi connectivity index (χ4n) is 3.74. The number of piperidine rings is 1. The molecule has 122 valence electrons. The first kappa shape index (κ1) is 14.7. The third kappa shape index (κ3) is 3.39. The molecule has 2 saturated heterocycles. The minimum atomic E-state index is -0.0173. The predicted molar refractivity (Wildman–Crippen MR) is 88.2 cm³/mol. The molecular formula is C18H23N3O2. The minimum Gasteiger partial charge on any atom is -0.349 e. The van der Waals surface area contributed by atoms with Crippen LogP contribution in [0.5, 0.6) is 0 Å². The Kier molecular flexibility index (Phi) is 3.81. The Bertz CT molecular complexity index is 597. The summed E-state index contributed by atoms with van der Waals surface area (Å²) in [5.74, 6) is 0.261. The van der Waals surface area contributed by atoms with Gasteiger partial charge in [-0.3, -0.25) is 9.59 Å². The Morgan fingerprint density at radius 3 is 2.22 bits per heavy atom. The number of amides is 2. The van der Waals surface area contributed by atoms with Gasteiger partial charge in [0.25, 0.3) is 5.91 Å². The van der Waals surface area contributed by atoms with Gasteiger partial charge in [-0.1, -0.05) is 0 Å². The lowest BCUT2D eigenvalue weighted by molar-refractivity contribution is -0.117. The van der Waals surface area contributed by atoms with E-state index in [-0.39, 0.29) is 23.8 Å². The summed E-state index contributed by atoms with van der Waals surface area (Å²) in [7, 11) is 0. The summed E-state index contributed by atoms with van der Waals surface area (Å²) < 4.78 is 0. The number of hydrogen-bond acceptors (Lipinski definition) is 3. The van der Waals surface area contributed by atoms with E-state index in [1.165, 1.54) is 12.8 Å². The van der Waals surface area contributed by atoms with Gasteiger partial charge in [-0.15, -0.1) is 0 Å². The largest absolute Gasteiger partial charge is 0.349 e. The molecule has 5 heteroatoms. The summed E-state index contributed by atoms with van der Waals surface area (Å²) in [6, 6.07) is 8.59. The Labute approximate surface area is 136 Å². The maximum atomic E-state index is 12.4. The minimum absolute atomic E-state index is 0.0173. The van der Waals surface area contributed by atoms with Crippen molar-refractivity contribution >= 4 is 17.5 Å². The Hall–Kier alpha value is -1.88. The number of hydrogen-bond donors (Lipinski definition) is 3. The van der Waals surface area contributed by atoms with E-state index in [1.54, 1.807) is 24.3 Å². The summed E-state index contributed by atoms with van der Waals surface area (Å²) in [6.45, 7) is 0. The fraction of sp³-hybridized carbons (Fsp3) is 0.556. The van der Waals surface area contributed by atoms with E-state index < -0.39 is 0 Å². The molecule has 4 rings (SSSR count). The van der Waals surface area contributed by atoms with Gasteiger partial charge in [-0.05, 0) is 62.8 Å². The van der Waals surface area contributed by atoms with Gasteiger partial charge in [0.1, 0.15) is 0 Å². The van der Waals surface area contributed by atoms with E-state index in [1.807, 2.05) is 0 Å². The van der Waals surface area contributed by atoms with Gasteiger partial charge in [0.05, 0.1) is 0 Å². The molecule has 1 saturated carbocycles. The quantitative estimate of drug-likeness (QED) is 0.797. The molecule has 2 amide bonds. The third-order valence-electron chi connectivity index (χ3n) is 5.17. The summed E-state index contributed by atoms with van der Waals surface area (Å²) in [5.41, 5.74) is 1.42. The molecule has 1 aliphatic carbocycles. The Balaban J connectivity index is 1.33. The molecule has 2 bridgehead atoms. The second-order valence-corrected chi connectivity index (χ2v) is 7.12. The molecule has 2 aliphatic heterocycles. The van der Waals surface area contributed by atoms with Gasteiger partial charge in [0.15, 0.2) is 0 Å². The lowest BCUT2D eigenvalue weighted by Gasteiger charge is -2.29. The zero-order valence-electron chi connectivity index (χ0n) is 13.2. The van der Waals surface area contributed by atoms with Crippen LogP contribution in [0.2, 0.25) is 0 Å². The van der Waals surface area contributed by atoms with Crippen molar-refractivity contribution in [2.75, 3.05) is 5.32 Å². The van der Waals surface area contributed by atoms with Crippen LogP contribution < -0.4 is 16.0 Å². The molecule has 0 aromatic heterocycles. The topological polar surface area (TPSA) is 70.2 Å². The predicted octanol–water partition coefficient (Wildman–Crippen LogP) is 2.05. The van der Waals surface area contributed by atoms with Crippen molar-refractivity contribution in [1.82, 2.24) is 10.6 Å². The van der Waals surface area contributed by atoms with Gasteiger partial charge in [0.2, 0.25) is 5.91 Å². The second-order valence-electron chi connectivity index (χ2n) is 7.12. The van der Waals surface area contributed by atoms with Crippen LogP contribution in [-0.4, -0.2) is 29.9 Å². The first-order chi connectivity index (χ1) is 11.2. The van der Waals surface area contributed by atoms with Gasteiger partial charge >= 0.3 is 0 Å². The lowest BCUT2D eigenvalue weighted by atomic mass is 9.99. The van der Waals surface area contributed by atoms with Gasteiger partial charge in [-0.2, -0.15) is 0 Å². The van der Waals surface area contributed by atoms with Crippen LogP contribution in [0, 0.1) is 5.92 Å².